The van der Waals surface area contributed by atoms with Gasteiger partial charge in [-0.15, -0.1) is 0 Å². The van der Waals surface area contributed by atoms with Crippen LogP contribution in [0, 0.1) is 0 Å². The molecule has 1 aromatic rings. The van der Waals surface area contributed by atoms with Crippen molar-refractivity contribution < 1.29 is 9.47 Å². The van der Waals surface area contributed by atoms with Gasteiger partial charge in [0.1, 0.15) is 5.75 Å². The van der Waals surface area contributed by atoms with Crippen LogP contribution in [0.4, 0.5) is 0 Å². The molecule has 0 bridgehead atoms. The van der Waals surface area contributed by atoms with Gasteiger partial charge in [-0.1, -0.05) is 6.07 Å². The molecule has 1 unspecified atom stereocenters. The molecule has 0 aliphatic heterocycles. The summed E-state index contributed by atoms with van der Waals surface area (Å²) in [7, 11) is 7.51. The van der Waals surface area contributed by atoms with Crippen molar-refractivity contribution in [2.45, 2.75) is 26.1 Å². The van der Waals surface area contributed by atoms with E-state index in [0.717, 1.165) is 25.4 Å². The lowest BCUT2D eigenvalue weighted by Crippen LogP contribution is -2.32. The van der Waals surface area contributed by atoms with Gasteiger partial charge in [0.15, 0.2) is 0 Å². The standard InChI is InChI=1S/C15H26N2O2/c1-12(11-18-4)17(3)10-14-8-13(9-16-2)6-7-15(14)19-5/h6-8,12,16H,9-11H2,1-5H3. The maximum Gasteiger partial charge on any atom is 0.123 e. The molecule has 0 saturated carbocycles. The molecule has 0 spiro atoms. The summed E-state index contributed by atoms with van der Waals surface area (Å²) in [5.74, 6) is 0.941. The third-order valence-corrected chi connectivity index (χ3v) is 3.31. The monoisotopic (exact) mass is 266 g/mol. The molecule has 0 fully saturated rings. The second-order valence-electron chi connectivity index (χ2n) is 4.90. The third kappa shape index (κ3) is 4.82. The van der Waals surface area contributed by atoms with Crippen molar-refractivity contribution in [3.63, 3.8) is 0 Å². The second-order valence-corrected chi connectivity index (χ2v) is 4.90. The van der Waals surface area contributed by atoms with Crippen LogP contribution in [0.1, 0.15) is 18.1 Å². The number of hydrogen-bond acceptors (Lipinski definition) is 4. The van der Waals surface area contributed by atoms with Crippen molar-refractivity contribution in [3.8, 4) is 5.75 Å². The van der Waals surface area contributed by atoms with Gasteiger partial charge in [-0.2, -0.15) is 0 Å². The van der Waals surface area contributed by atoms with Crippen LogP contribution in [0.15, 0.2) is 18.2 Å². The quantitative estimate of drug-likeness (QED) is 0.779. The zero-order valence-electron chi connectivity index (χ0n) is 12.7. The van der Waals surface area contributed by atoms with Gasteiger partial charge in [0, 0.05) is 31.8 Å². The lowest BCUT2D eigenvalue weighted by atomic mass is 10.1. The van der Waals surface area contributed by atoms with E-state index in [1.807, 2.05) is 13.1 Å². The van der Waals surface area contributed by atoms with E-state index < -0.39 is 0 Å². The molecule has 0 radical (unpaired) electrons. The van der Waals surface area contributed by atoms with Crippen LogP contribution in [0.5, 0.6) is 5.75 Å². The fourth-order valence-electron chi connectivity index (χ4n) is 2.06. The van der Waals surface area contributed by atoms with Gasteiger partial charge in [-0.25, -0.2) is 0 Å². The topological polar surface area (TPSA) is 33.7 Å². The van der Waals surface area contributed by atoms with E-state index in [4.69, 9.17) is 9.47 Å². The van der Waals surface area contributed by atoms with E-state index in [2.05, 4.69) is 36.3 Å². The minimum absolute atomic E-state index is 0.377. The highest BCUT2D eigenvalue weighted by atomic mass is 16.5. The first-order valence-corrected chi connectivity index (χ1v) is 6.62. The summed E-state index contributed by atoms with van der Waals surface area (Å²) >= 11 is 0. The fourth-order valence-corrected chi connectivity index (χ4v) is 2.06. The second kappa shape index (κ2) is 8.15. The van der Waals surface area contributed by atoms with E-state index in [1.54, 1.807) is 14.2 Å². The Kier molecular flexibility index (Phi) is 6.84. The van der Waals surface area contributed by atoms with E-state index in [9.17, 15) is 0 Å². The lowest BCUT2D eigenvalue weighted by molar-refractivity contribution is 0.111. The van der Waals surface area contributed by atoms with Crippen LogP contribution in [0.25, 0.3) is 0 Å². The number of rotatable bonds is 8. The Morgan fingerprint density at radius 3 is 2.63 bits per heavy atom. The SMILES string of the molecule is CNCc1ccc(OC)c(CN(C)C(C)COC)c1. The van der Waals surface area contributed by atoms with Crippen LogP contribution in [-0.2, 0) is 17.8 Å². The molecule has 1 atom stereocenters. The first kappa shape index (κ1) is 16.0. The molecule has 0 heterocycles. The van der Waals surface area contributed by atoms with Crippen molar-refractivity contribution in [2.75, 3.05) is 34.9 Å². The number of benzene rings is 1. The predicted octanol–water partition coefficient (Wildman–Crippen LogP) is 1.88. The van der Waals surface area contributed by atoms with E-state index in [1.165, 1.54) is 11.1 Å². The smallest absolute Gasteiger partial charge is 0.123 e. The van der Waals surface area contributed by atoms with Crippen molar-refractivity contribution >= 4 is 0 Å². The summed E-state index contributed by atoms with van der Waals surface area (Å²) < 4.78 is 10.6. The molecule has 108 valence electrons. The maximum absolute atomic E-state index is 5.44. The van der Waals surface area contributed by atoms with Crippen molar-refractivity contribution in [2.24, 2.45) is 0 Å². The summed E-state index contributed by atoms with van der Waals surface area (Å²) in [4.78, 5) is 2.27. The first-order valence-electron chi connectivity index (χ1n) is 6.62. The molecule has 0 saturated heterocycles. The van der Waals surface area contributed by atoms with Crippen LogP contribution >= 0.6 is 0 Å². The highest BCUT2D eigenvalue weighted by Gasteiger charge is 2.12. The molecule has 4 nitrogen and oxygen atoms in total. The number of hydrogen-bond donors (Lipinski definition) is 1. The van der Waals surface area contributed by atoms with Gasteiger partial charge >= 0.3 is 0 Å². The van der Waals surface area contributed by atoms with Gasteiger partial charge < -0.3 is 14.8 Å². The van der Waals surface area contributed by atoms with Crippen molar-refractivity contribution in [3.05, 3.63) is 29.3 Å². The lowest BCUT2D eigenvalue weighted by Gasteiger charge is -2.25. The summed E-state index contributed by atoms with van der Waals surface area (Å²) in [6.45, 7) is 4.61. The Balaban J connectivity index is 2.81. The highest BCUT2D eigenvalue weighted by Crippen LogP contribution is 2.22. The molecule has 4 heteroatoms. The minimum atomic E-state index is 0.377. The molecule has 1 N–H and O–H groups in total. The van der Waals surface area contributed by atoms with Gasteiger partial charge in [-0.05, 0) is 38.7 Å². The van der Waals surface area contributed by atoms with Gasteiger partial charge in [0.2, 0.25) is 0 Å². The zero-order valence-corrected chi connectivity index (χ0v) is 12.7. The number of nitrogens with zero attached hydrogens (tertiary/aromatic N) is 1. The van der Waals surface area contributed by atoms with Crippen LogP contribution in [0.2, 0.25) is 0 Å². The number of nitrogens with one attached hydrogen (secondary N) is 1. The number of methoxy groups -OCH3 is 2. The Hall–Kier alpha value is -1.10. The molecule has 0 aromatic heterocycles. The Bertz CT molecular complexity index is 382. The first-order chi connectivity index (χ1) is 9.12. The Labute approximate surface area is 116 Å². The maximum atomic E-state index is 5.44. The zero-order chi connectivity index (χ0) is 14.3. The van der Waals surface area contributed by atoms with Crippen molar-refractivity contribution in [1.29, 1.82) is 0 Å². The van der Waals surface area contributed by atoms with Crippen LogP contribution in [-0.4, -0.2) is 45.9 Å². The van der Waals surface area contributed by atoms with E-state index in [0.29, 0.717) is 6.04 Å². The van der Waals surface area contributed by atoms with E-state index in [-0.39, 0.29) is 0 Å². The molecule has 19 heavy (non-hydrogen) atoms. The average molecular weight is 266 g/mol. The average Bonchev–Trinajstić information content (AvgIpc) is 2.39. The number of ether oxygens (including phenoxy) is 2. The fraction of sp³-hybridized carbons (Fsp3) is 0.600. The number of likely N-dealkylation sites (N-methyl/N-ethyl adjacent to an activating group) is 1. The van der Waals surface area contributed by atoms with E-state index >= 15 is 0 Å². The van der Waals surface area contributed by atoms with Crippen LogP contribution < -0.4 is 10.1 Å². The molecular weight excluding hydrogens is 240 g/mol. The molecule has 1 aromatic carbocycles. The predicted molar refractivity (Wildman–Crippen MR) is 78.6 cm³/mol. The largest absolute Gasteiger partial charge is 0.496 e. The Morgan fingerprint density at radius 1 is 1.32 bits per heavy atom. The summed E-state index contributed by atoms with van der Waals surface area (Å²) in [6, 6.07) is 6.71. The molecule has 0 aliphatic carbocycles. The van der Waals surface area contributed by atoms with Gasteiger partial charge in [0.05, 0.1) is 13.7 Å². The molecule has 1 rings (SSSR count). The molecular formula is C15H26N2O2. The van der Waals surface area contributed by atoms with Gasteiger partial charge in [0.25, 0.3) is 0 Å². The molecule has 0 aliphatic rings. The highest BCUT2D eigenvalue weighted by molar-refractivity contribution is 5.37. The third-order valence-electron chi connectivity index (χ3n) is 3.31. The Morgan fingerprint density at radius 2 is 2.05 bits per heavy atom. The summed E-state index contributed by atoms with van der Waals surface area (Å²) in [6.07, 6.45) is 0. The summed E-state index contributed by atoms with van der Waals surface area (Å²) in [5, 5.41) is 3.17. The van der Waals surface area contributed by atoms with Crippen LogP contribution in [0.3, 0.4) is 0 Å². The minimum Gasteiger partial charge on any atom is -0.496 e. The summed E-state index contributed by atoms with van der Waals surface area (Å²) in [5.41, 5.74) is 2.48. The normalized spacial score (nSPS) is 12.7. The van der Waals surface area contributed by atoms with Crippen molar-refractivity contribution in [1.82, 2.24) is 10.2 Å². The van der Waals surface area contributed by atoms with Gasteiger partial charge in [-0.3, -0.25) is 4.90 Å². The molecule has 0 amide bonds.